The molecule has 1 atom stereocenters. The second-order valence-electron chi connectivity index (χ2n) is 5.61. The number of anilines is 1. The van der Waals surface area contributed by atoms with Gasteiger partial charge in [0.1, 0.15) is 11.8 Å². The highest BCUT2D eigenvalue weighted by Crippen LogP contribution is 2.29. The van der Waals surface area contributed by atoms with Crippen LogP contribution in [0.3, 0.4) is 0 Å². The largest absolute Gasteiger partial charge is 0.573 e. The average molecular weight is 375 g/mol. The van der Waals surface area contributed by atoms with E-state index in [1.807, 2.05) is 0 Å². The van der Waals surface area contributed by atoms with Crippen molar-refractivity contribution in [2.75, 3.05) is 38.3 Å². The minimum atomic E-state index is -4.81. The molecule has 144 valence electrons. The van der Waals surface area contributed by atoms with Gasteiger partial charge in [0, 0.05) is 32.0 Å². The topological polar surface area (TPSA) is 79.9 Å². The van der Waals surface area contributed by atoms with Gasteiger partial charge in [-0.05, 0) is 18.6 Å². The number of amides is 2. The van der Waals surface area contributed by atoms with Crippen LogP contribution in [0.25, 0.3) is 0 Å². The number of hydrogen-bond acceptors (Lipinski definition) is 5. The number of methoxy groups -OCH3 is 1. The predicted molar refractivity (Wildman–Crippen MR) is 86.8 cm³/mol. The SMILES string of the molecule is COCCNCC(=O)NC1CCN(c2cccc(OC(F)(F)F)c2)C1=O. The lowest BCUT2D eigenvalue weighted by atomic mass is 10.2. The van der Waals surface area contributed by atoms with Crippen molar-refractivity contribution in [2.45, 2.75) is 18.8 Å². The standard InChI is InChI=1S/C16H20F3N3O4/c1-25-8-6-20-10-14(23)21-13-5-7-22(15(13)24)11-3-2-4-12(9-11)26-16(17,18)19/h2-4,9,13,20H,5-8,10H2,1H3,(H,21,23). The van der Waals surface area contributed by atoms with E-state index in [1.54, 1.807) is 7.11 Å². The molecule has 1 aromatic rings. The molecule has 1 saturated heterocycles. The number of hydrogen-bond donors (Lipinski definition) is 2. The maximum absolute atomic E-state index is 12.4. The lowest BCUT2D eigenvalue weighted by Gasteiger charge is -2.18. The number of rotatable bonds is 8. The van der Waals surface area contributed by atoms with Crippen LogP contribution in [-0.2, 0) is 14.3 Å². The molecule has 7 nitrogen and oxygen atoms in total. The molecule has 0 aromatic heterocycles. The fraction of sp³-hybridized carbons (Fsp3) is 0.500. The molecule has 0 aliphatic carbocycles. The molecule has 0 radical (unpaired) electrons. The predicted octanol–water partition coefficient (Wildman–Crippen LogP) is 1.04. The van der Waals surface area contributed by atoms with Gasteiger partial charge in [-0.25, -0.2) is 0 Å². The van der Waals surface area contributed by atoms with Crippen molar-refractivity contribution < 1.29 is 32.2 Å². The van der Waals surface area contributed by atoms with Crippen LogP contribution in [0.15, 0.2) is 24.3 Å². The van der Waals surface area contributed by atoms with Crippen molar-refractivity contribution in [3.8, 4) is 5.75 Å². The molecule has 10 heteroatoms. The molecule has 1 aliphatic rings. The van der Waals surface area contributed by atoms with Crippen LogP contribution in [-0.4, -0.2) is 57.6 Å². The first-order valence-electron chi connectivity index (χ1n) is 7.96. The van der Waals surface area contributed by atoms with E-state index in [1.165, 1.54) is 17.0 Å². The third-order valence-electron chi connectivity index (χ3n) is 3.67. The van der Waals surface area contributed by atoms with Gasteiger partial charge in [0.05, 0.1) is 13.2 Å². The molecule has 26 heavy (non-hydrogen) atoms. The van der Waals surface area contributed by atoms with E-state index in [0.29, 0.717) is 19.6 Å². The molecule has 0 spiro atoms. The lowest BCUT2D eigenvalue weighted by molar-refractivity contribution is -0.274. The molecular weight excluding hydrogens is 355 g/mol. The summed E-state index contributed by atoms with van der Waals surface area (Å²) in [5.41, 5.74) is 0.284. The molecule has 0 bridgehead atoms. The van der Waals surface area contributed by atoms with E-state index < -0.39 is 18.2 Å². The van der Waals surface area contributed by atoms with Crippen molar-refractivity contribution in [3.05, 3.63) is 24.3 Å². The third kappa shape index (κ3) is 5.88. The van der Waals surface area contributed by atoms with Crippen molar-refractivity contribution in [3.63, 3.8) is 0 Å². The summed E-state index contributed by atoms with van der Waals surface area (Å²) in [5, 5.41) is 5.48. The molecule has 1 aliphatic heterocycles. The van der Waals surface area contributed by atoms with Crippen LogP contribution in [0.1, 0.15) is 6.42 Å². The minimum Gasteiger partial charge on any atom is -0.406 e. The highest BCUT2D eigenvalue weighted by molar-refractivity contribution is 6.01. The van der Waals surface area contributed by atoms with Gasteiger partial charge in [0.25, 0.3) is 0 Å². The normalized spacial score (nSPS) is 17.5. The number of halogens is 3. The van der Waals surface area contributed by atoms with Crippen molar-refractivity contribution in [2.24, 2.45) is 0 Å². The summed E-state index contributed by atoms with van der Waals surface area (Å²) >= 11 is 0. The molecule has 1 heterocycles. The molecule has 0 saturated carbocycles. The van der Waals surface area contributed by atoms with Gasteiger partial charge in [-0.1, -0.05) is 6.07 Å². The van der Waals surface area contributed by atoms with Crippen LogP contribution in [0.2, 0.25) is 0 Å². The quantitative estimate of drug-likeness (QED) is 0.664. The van der Waals surface area contributed by atoms with Gasteiger partial charge in [0.15, 0.2) is 0 Å². The fourth-order valence-corrected chi connectivity index (χ4v) is 2.54. The molecule has 1 unspecified atom stereocenters. The van der Waals surface area contributed by atoms with E-state index in [2.05, 4.69) is 15.4 Å². The van der Waals surface area contributed by atoms with Gasteiger partial charge < -0.3 is 25.0 Å². The first-order chi connectivity index (χ1) is 12.3. The Labute approximate surface area is 148 Å². The Morgan fingerprint density at radius 2 is 2.15 bits per heavy atom. The number of benzene rings is 1. The van der Waals surface area contributed by atoms with Gasteiger partial charge >= 0.3 is 6.36 Å². The number of alkyl halides is 3. The van der Waals surface area contributed by atoms with E-state index in [0.717, 1.165) is 12.1 Å². The fourth-order valence-electron chi connectivity index (χ4n) is 2.54. The zero-order chi connectivity index (χ0) is 19.2. The first kappa shape index (κ1) is 20.0. The maximum atomic E-state index is 12.4. The second kappa shape index (κ2) is 8.86. The smallest absolute Gasteiger partial charge is 0.406 e. The summed E-state index contributed by atoms with van der Waals surface area (Å²) in [6, 6.07) is 4.47. The van der Waals surface area contributed by atoms with Crippen LogP contribution >= 0.6 is 0 Å². The Hall–Kier alpha value is -2.33. The Kier molecular flexibility index (Phi) is 6.81. The monoisotopic (exact) mass is 375 g/mol. The lowest BCUT2D eigenvalue weighted by Crippen LogP contribution is -2.45. The van der Waals surface area contributed by atoms with Crippen LogP contribution in [0, 0.1) is 0 Å². The molecule has 1 aromatic carbocycles. The number of nitrogens with one attached hydrogen (secondary N) is 2. The Bertz CT molecular complexity index is 639. The number of carbonyl (C=O) groups excluding carboxylic acids is 2. The number of nitrogens with zero attached hydrogens (tertiary/aromatic N) is 1. The molecule has 1 fully saturated rings. The maximum Gasteiger partial charge on any atom is 0.573 e. The molecule has 2 rings (SSSR count). The highest BCUT2D eigenvalue weighted by atomic mass is 19.4. The number of ether oxygens (including phenoxy) is 2. The van der Waals surface area contributed by atoms with E-state index >= 15 is 0 Å². The summed E-state index contributed by atoms with van der Waals surface area (Å²) in [4.78, 5) is 25.6. The Balaban J connectivity index is 1.92. The average Bonchev–Trinajstić information content (AvgIpc) is 2.91. The van der Waals surface area contributed by atoms with E-state index in [-0.39, 0.29) is 30.6 Å². The van der Waals surface area contributed by atoms with Gasteiger partial charge in [-0.2, -0.15) is 0 Å². The Morgan fingerprint density at radius 3 is 2.85 bits per heavy atom. The van der Waals surface area contributed by atoms with Gasteiger partial charge in [-0.15, -0.1) is 13.2 Å². The third-order valence-corrected chi connectivity index (χ3v) is 3.67. The van der Waals surface area contributed by atoms with Gasteiger partial charge in [0.2, 0.25) is 11.8 Å². The van der Waals surface area contributed by atoms with E-state index in [4.69, 9.17) is 4.74 Å². The van der Waals surface area contributed by atoms with Crippen molar-refractivity contribution in [1.29, 1.82) is 0 Å². The zero-order valence-corrected chi connectivity index (χ0v) is 14.1. The van der Waals surface area contributed by atoms with Crippen molar-refractivity contribution in [1.82, 2.24) is 10.6 Å². The summed E-state index contributed by atoms with van der Waals surface area (Å²) in [5.74, 6) is -1.12. The molecule has 2 amide bonds. The van der Waals surface area contributed by atoms with Crippen molar-refractivity contribution >= 4 is 17.5 Å². The summed E-state index contributed by atoms with van der Waals surface area (Å²) in [6.07, 6.45) is -4.44. The summed E-state index contributed by atoms with van der Waals surface area (Å²) in [7, 11) is 1.54. The first-order valence-corrected chi connectivity index (χ1v) is 7.96. The van der Waals surface area contributed by atoms with Crippen LogP contribution < -0.4 is 20.3 Å². The van der Waals surface area contributed by atoms with Crippen LogP contribution in [0.4, 0.5) is 18.9 Å². The Morgan fingerprint density at radius 1 is 1.38 bits per heavy atom. The zero-order valence-electron chi connectivity index (χ0n) is 14.1. The summed E-state index contributed by atoms with van der Waals surface area (Å²) < 4.78 is 45.7. The van der Waals surface area contributed by atoms with Gasteiger partial charge in [-0.3, -0.25) is 9.59 Å². The second-order valence-corrected chi connectivity index (χ2v) is 5.61. The van der Waals surface area contributed by atoms with E-state index in [9.17, 15) is 22.8 Å². The summed E-state index contributed by atoms with van der Waals surface area (Å²) in [6.45, 7) is 1.29. The molecular formula is C16H20F3N3O4. The number of carbonyl (C=O) groups is 2. The molecule has 2 N–H and O–H groups in total. The minimum absolute atomic E-state index is 0.0437. The van der Waals surface area contributed by atoms with Crippen LogP contribution in [0.5, 0.6) is 5.75 Å². The highest BCUT2D eigenvalue weighted by Gasteiger charge is 2.35.